The van der Waals surface area contributed by atoms with E-state index in [9.17, 15) is 0 Å². The molecule has 24 heavy (non-hydrogen) atoms. The monoisotopic (exact) mass is 402 g/mol. The molecule has 0 spiro atoms. The minimum Gasteiger partial charge on any atom is -0.479 e. The van der Waals surface area contributed by atoms with Crippen molar-refractivity contribution in [3.05, 3.63) is 53.6 Å². The van der Waals surface area contributed by atoms with Crippen molar-refractivity contribution >= 4 is 51.6 Å². The van der Waals surface area contributed by atoms with E-state index in [1.807, 2.05) is 35.0 Å². The maximum Gasteiger partial charge on any atom is 0.220 e. The molecule has 1 aromatic heterocycles. The molecule has 0 saturated carbocycles. The van der Waals surface area contributed by atoms with Crippen LogP contribution in [0.1, 0.15) is 42.5 Å². The third-order valence-electron chi connectivity index (χ3n) is 3.45. The van der Waals surface area contributed by atoms with E-state index in [0.29, 0.717) is 16.0 Å². The highest BCUT2D eigenvalue weighted by Gasteiger charge is 2.25. The number of alkyl halides is 1. The highest BCUT2D eigenvalue weighted by molar-refractivity contribution is 8.22. The second-order valence-electron chi connectivity index (χ2n) is 5.28. The second kappa shape index (κ2) is 10.3. The molecule has 1 aromatic carbocycles. The van der Waals surface area contributed by atoms with Crippen molar-refractivity contribution in [2.24, 2.45) is 0 Å². The van der Waals surface area contributed by atoms with Gasteiger partial charge in [0.1, 0.15) is 5.50 Å². The summed E-state index contributed by atoms with van der Waals surface area (Å²) in [5.41, 5.74) is 0.702. The third kappa shape index (κ3) is 5.96. The molecule has 2 atom stereocenters. The number of halogens is 2. The van der Waals surface area contributed by atoms with Gasteiger partial charge in [0.25, 0.3) is 0 Å². The number of benzene rings is 1. The van der Waals surface area contributed by atoms with E-state index in [2.05, 4.69) is 11.9 Å². The molecule has 2 rings (SSSR count). The predicted octanol–water partition coefficient (Wildman–Crippen LogP) is 6.24. The van der Waals surface area contributed by atoms with E-state index in [0.717, 1.165) is 24.8 Å². The van der Waals surface area contributed by atoms with Crippen LogP contribution in [0.15, 0.2) is 43.0 Å². The van der Waals surface area contributed by atoms with Crippen LogP contribution in [0.2, 0.25) is 5.02 Å². The average molecular weight is 403 g/mol. The summed E-state index contributed by atoms with van der Waals surface area (Å²) in [5, 5.41) is 0.589. The van der Waals surface area contributed by atoms with Gasteiger partial charge in [0, 0.05) is 17.4 Å². The minimum absolute atomic E-state index is 0.100. The highest BCUT2D eigenvalue weighted by atomic mass is 35.5. The number of rotatable bonds is 8. The Balaban J connectivity index is 2.08. The zero-order valence-electron chi connectivity index (χ0n) is 13.4. The average Bonchev–Trinajstić information content (AvgIpc) is 3.11. The summed E-state index contributed by atoms with van der Waals surface area (Å²) in [5.74, 6) is 0. The van der Waals surface area contributed by atoms with E-state index in [4.69, 9.17) is 40.2 Å². The van der Waals surface area contributed by atoms with Crippen LogP contribution in [0.5, 0.6) is 0 Å². The lowest BCUT2D eigenvalue weighted by Gasteiger charge is -2.23. The number of nitrogens with zero attached hydrogens (tertiary/aromatic N) is 2. The van der Waals surface area contributed by atoms with Crippen molar-refractivity contribution in [3.63, 3.8) is 0 Å². The molecule has 130 valence electrons. The third-order valence-corrected chi connectivity index (χ3v) is 5.83. The summed E-state index contributed by atoms with van der Waals surface area (Å²) in [4.78, 5) is 4.07. The first-order chi connectivity index (χ1) is 11.6. The summed E-state index contributed by atoms with van der Waals surface area (Å²) in [6, 6.07) is 7.64. The van der Waals surface area contributed by atoms with Gasteiger partial charge >= 0.3 is 0 Å². The topological polar surface area (TPSA) is 27.1 Å². The number of unbranched alkanes of at least 4 members (excludes halogenated alkanes) is 2. The lowest BCUT2D eigenvalue weighted by Crippen LogP contribution is -2.12. The van der Waals surface area contributed by atoms with Gasteiger partial charge in [0.15, 0.2) is 0 Å². The van der Waals surface area contributed by atoms with E-state index in [1.54, 1.807) is 12.5 Å². The quantitative estimate of drug-likeness (QED) is 0.296. The number of hydrogen-bond acceptors (Lipinski definition) is 4. The van der Waals surface area contributed by atoms with Crippen molar-refractivity contribution < 1.29 is 4.74 Å². The van der Waals surface area contributed by atoms with Gasteiger partial charge in [0.2, 0.25) is 4.38 Å². The van der Waals surface area contributed by atoms with E-state index < -0.39 is 0 Å². The van der Waals surface area contributed by atoms with Gasteiger partial charge in [-0.1, -0.05) is 66.9 Å². The first-order valence-corrected chi connectivity index (χ1v) is 9.92. The van der Waals surface area contributed by atoms with Crippen LogP contribution in [0.3, 0.4) is 0 Å². The summed E-state index contributed by atoms with van der Waals surface area (Å²) in [6.45, 7) is 2.80. The molecular formula is C17H20Cl2N2OS2. The Morgan fingerprint density at radius 1 is 1.33 bits per heavy atom. The van der Waals surface area contributed by atoms with Crippen LogP contribution in [-0.2, 0) is 4.74 Å². The van der Waals surface area contributed by atoms with Crippen LogP contribution in [0.25, 0.3) is 0 Å². The molecule has 0 aliphatic carbocycles. The second-order valence-corrected chi connectivity index (χ2v) is 7.91. The van der Waals surface area contributed by atoms with Crippen molar-refractivity contribution in [1.29, 1.82) is 0 Å². The molecule has 2 unspecified atom stereocenters. The molecule has 0 fully saturated rings. The highest BCUT2D eigenvalue weighted by Crippen LogP contribution is 2.42. The van der Waals surface area contributed by atoms with Gasteiger partial charge in [-0.3, -0.25) is 0 Å². The molecule has 0 saturated heterocycles. The van der Waals surface area contributed by atoms with Crippen molar-refractivity contribution in [3.8, 4) is 0 Å². The van der Waals surface area contributed by atoms with Gasteiger partial charge in [-0.25, -0.2) is 4.98 Å². The molecular weight excluding hydrogens is 383 g/mol. The maximum atomic E-state index is 6.67. The molecule has 0 radical (unpaired) electrons. The van der Waals surface area contributed by atoms with Gasteiger partial charge in [-0.05, 0) is 36.3 Å². The number of aromatic nitrogens is 2. The van der Waals surface area contributed by atoms with Crippen LogP contribution >= 0.6 is 47.2 Å². The lowest BCUT2D eigenvalue weighted by atomic mass is 10.1. The summed E-state index contributed by atoms with van der Waals surface area (Å²) in [6.07, 6.45) is 8.55. The van der Waals surface area contributed by atoms with Gasteiger partial charge in [0.05, 0.1) is 18.2 Å². The zero-order valence-corrected chi connectivity index (χ0v) is 16.5. The summed E-state index contributed by atoms with van der Waals surface area (Å²) < 4.78 is 8.04. The largest absolute Gasteiger partial charge is 0.479 e. The first kappa shape index (κ1) is 19.6. The Bertz CT molecular complexity index is 620. The van der Waals surface area contributed by atoms with Crippen LogP contribution in [0, 0.1) is 0 Å². The molecule has 0 aliphatic rings. The Labute approximate surface area is 162 Å². The molecule has 0 amide bonds. The Hall–Kier alpha value is -0.750. The van der Waals surface area contributed by atoms with Gasteiger partial charge < -0.3 is 9.30 Å². The number of ether oxygens (including phenoxy) is 1. The predicted molar refractivity (Wildman–Crippen MR) is 107 cm³/mol. The van der Waals surface area contributed by atoms with E-state index in [-0.39, 0.29) is 10.8 Å². The number of imidazole rings is 1. The Kier molecular flexibility index (Phi) is 8.39. The Morgan fingerprint density at radius 2 is 2.08 bits per heavy atom. The normalized spacial score (nSPS) is 13.5. The number of hydrogen-bond donors (Lipinski definition) is 0. The summed E-state index contributed by atoms with van der Waals surface area (Å²) >= 11 is 19.5. The number of thiocarbonyl (C=S) groups is 1. The molecule has 0 bridgehead atoms. The first-order valence-electron chi connectivity index (χ1n) is 7.82. The van der Waals surface area contributed by atoms with Crippen molar-refractivity contribution in [2.45, 2.75) is 36.9 Å². The van der Waals surface area contributed by atoms with Crippen molar-refractivity contribution in [2.75, 3.05) is 6.61 Å². The standard InChI is InChI=1S/C17H20Cl2N2OS2/c1-2-3-4-11-22-17(23)24-15(13-5-7-14(18)8-6-13)16(19)21-10-9-20-12-21/h5-10,12,15-16H,2-4,11H2,1H3. The fourth-order valence-electron chi connectivity index (χ4n) is 2.15. The minimum atomic E-state index is -0.337. The molecule has 7 heteroatoms. The smallest absolute Gasteiger partial charge is 0.220 e. The van der Waals surface area contributed by atoms with Crippen molar-refractivity contribution in [1.82, 2.24) is 9.55 Å². The van der Waals surface area contributed by atoms with E-state index >= 15 is 0 Å². The lowest BCUT2D eigenvalue weighted by molar-refractivity contribution is 0.309. The summed E-state index contributed by atoms with van der Waals surface area (Å²) in [7, 11) is 0. The molecule has 0 aliphatic heterocycles. The molecule has 1 heterocycles. The Morgan fingerprint density at radius 3 is 2.71 bits per heavy atom. The van der Waals surface area contributed by atoms with Crippen LogP contribution < -0.4 is 0 Å². The maximum absolute atomic E-state index is 6.67. The molecule has 2 aromatic rings. The van der Waals surface area contributed by atoms with Gasteiger partial charge in [-0.15, -0.1) is 0 Å². The van der Waals surface area contributed by atoms with Crippen LogP contribution in [0.4, 0.5) is 0 Å². The zero-order chi connectivity index (χ0) is 17.4. The van der Waals surface area contributed by atoms with E-state index in [1.165, 1.54) is 11.8 Å². The number of thioether (sulfide) groups is 1. The SMILES string of the molecule is CCCCCOC(=S)SC(c1ccc(Cl)cc1)C(Cl)n1ccnc1. The fraction of sp³-hybridized carbons (Fsp3) is 0.412. The fourth-order valence-corrected chi connectivity index (χ4v) is 3.99. The van der Waals surface area contributed by atoms with Gasteiger partial charge in [-0.2, -0.15) is 0 Å². The van der Waals surface area contributed by atoms with Crippen LogP contribution in [-0.4, -0.2) is 20.5 Å². The molecule has 0 N–H and O–H groups in total. The molecule has 3 nitrogen and oxygen atoms in total.